The molecule has 464 valence electrons. The molecule has 30 heteroatoms. The van der Waals surface area contributed by atoms with E-state index in [9.17, 15) is 72.5 Å². The highest BCUT2D eigenvalue weighted by atomic mass is 32.2. The number of carboxylic acids is 1. The predicted molar refractivity (Wildman–Crippen MR) is 309 cm³/mol. The largest absolute Gasteiger partial charge is 0.508 e. The predicted octanol–water partition coefficient (Wildman–Crippen LogP) is -3.15. The molecule has 2 aliphatic heterocycles. The van der Waals surface area contributed by atoms with Gasteiger partial charge in [-0.25, -0.2) is 0 Å². The Morgan fingerprint density at radius 1 is 0.682 bits per heavy atom. The molecule has 2 aromatic rings. The van der Waals surface area contributed by atoms with Crippen LogP contribution in [0.1, 0.15) is 102 Å². The summed E-state index contributed by atoms with van der Waals surface area (Å²) in [7, 11) is 0. The molecule has 2 saturated heterocycles. The van der Waals surface area contributed by atoms with Crippen molar-refractivity contribution >= 4 is 94.6 Å². The molecular weight excluding hydrogens is 1130 g/mol. The smallest absolute Gasteiger partial charge is 0.305 e. The quantitative estimate of drug-likeness (QED) is 0.0149. The Balaban J connectivity index is 1.26. The number of rotatable bonds is 32. The SMILES string of the molecule is CCC(=O)NC(Cc1ccc(O)cc1)C(=O)NCCCCCC(=O)N[C@@H](CSC1CC(=O)N(CCC(=O)NCCCCC2NC(=O)[C@@H](Cc3ccccc3)NC(=O)C(CC(=O)O)NC(=O)CNC(=O)C(CCCN=C(N)N)NC2=O)C1=O)C(N)=O. The number of aromatic hydroxyl groups is 1. The van der Waals surface area contributed by atoms with Crippen LogP contribution in [0.2, 0.25) is 0 Å². The van der Waals surface area contributed by atoms with Gasteiger partial charge in [-0.3, -0.25) is 72.2 Å². The monoisotopic (exact) mass is 1210 g/mol. The lowest BCUT2D eigenvalue weighted by Gasteiger charge is -2.26. The van der Waals surface area contributed by atoms with E-state index in [0.29, 0.717) is 24.8 Å². The molecule has 2 heterocycles. The zero-order chi connectivity index (χ0) is 62.4. The first-order valence-corrected chi connectivity index (χ1v) is 29.0. The summed E-state index contributed by atoms with van der Waals surface area (Å²) in [5, 5.41) is 41.4. The van der Waals surface area contributed by atoms with E-state index >= 15 is 0 Å². The highest BCUT2D eigenvalue weighted by Crippen LogP contribution is 2.26. The van der Waals surface area contributed by atoms with Gasteiger partial charge in [-0.1, -0.05) is 55.8 Å². The molecule has 0 spiro atoms. The molecule has 85 heavy (non-hydrogen) atoms. The van der Waals surface area contributed by atoms with Crippen molar-refractivity contribution in [3.63, 3.8) is 0 Å². The van der Waals surface area contributed by atoms with E-state index in [1.165, 1.54) is 12.1 Å². The van der Waals surface area contributed by atoms with Gasteiger partial charge < -0.3 is 75.3 Å². The maximum Gasteiger partial charge on any atom is 0.305 e. The average molecular weight is 1210 g/mol. The number of thioether (sulfide) groups is 1. The molecule has 12 amide bonds. The fourth-order valence-electron chi connectivity index (χ4n) is 8.83. The zero-order valence-corrected chi connectivity index (χ0v) is 48.1. The molecule has 2 fully saturated rings. The van der Waals surface area contributed by atoms with Crippen LogP contribution in [0.25, 0.3) is 0 Å². The normalized spacial score (nSPS) is 19.2. The average Bonchev–Trinajstić information content (AvgIpc) is 3.79. The van der Waals surface area contributed by atoms with Gasteiger partial charge in [-0.15, -0.1) is 11.8 Å². The van der Waals surface area contributed by atoms with Crippen LogP contribution in [0.15, 0.2) is 59.6 Å². The molecule has 17 N–H and O–H groups in total. The van der Waals surface area contributed by atoms with E-state index < -0.39 is 120 Å². The Labute approximate surface area is 495 Å². The molecular formula is C55H78N14O15S. The Kier molecular flexibility index (Phi) is 29.1. The summed E-state index contributed by atoms with van der Waals surface area (Å²) in [4.78, 5) is 174. The topological polar surface area (TPSA) is 464 Å². The summed E-state index contributed by atoms with van der Waals surface area (Å²) in [6.45, 7) is 1.10. The second-order valence-corrected chi connectivity index (χ2v) is 21.5. The first kappa shape index (κ1) is 68.7. The van der Waals surface area contributed by atoms with Gasteiger partial charge in [0.25, 0.3) is 0 Å². The molecule has 7 atom stereocenters. The number of phenolic OH excluding ortho intramolecular Hbond substituents is 1. The lowest BCUT2D eigenvalue weighted by molar-refractivity contribution is -0.141. The molecule has 2 aromatic carbocycles. The van der Waals surface area contributed by atoms with Gasteiger partial charge >= 0.3 is 5.97 Å². The third-order valence-corrected chi connectivity index (χ3v) is 14.8. The number of unbranched alkanes of at least 4 members (excludes halogenated alkanes) is 3. The number of aliphatic carboxylic acids is 1. The number of carbonyl (C=O) groups excluding carboxylic acids is 12. The highest BCUT2D eigenvalue weighted by molar-refractivity contribution is 8.00. The number of imide groups is 1. The molecule has 29 nitrogen and oxygen atoms in total. The van der Waals surface area contributed by atoms with Crippen LogP contribution in [0.5, 0.6) is 5.75 Å². The van der Waals surface area contributed by atoms with E-state index in [-0.39, 0.29) is 126 Å². The number of guanidine groups is 1. The van der Waals surface area contributed by atoms with Crippen LogP contribution in [0.4, 0.5) is 0 Å². The van der Waals surface area contributed by atoms with Crippen molar-refractivity contribution in [3.05, 3.63) is 65.7 Å². The van der Waals surface area contributed by atoms with Gasteiger partial charge in [-0.2, -0.15) is 0 Å². The zero-order valence-electron chi connectivity index (χ0n) is 47.3. The lowest BCUT2D eigenvalue weighted by Crippen LogP contribution is -2.58. The maximum atomic E-state index is 14.1. The Morgan fingerprint density at radius 2 is 1.31 bits per heavy atom. The van der Waals surface area contributed by atoms with Crippen molar-refractivity contribution in [2.24, 2.45) is 22.2 Å². The minimum atomic E-state index is -1.66. The molecule has 2 aliphatic rings. The second-order valence-electron chi connectivity index (χ2n) is 20.2. The number of phenols is 1. The van der Waals surface area contributed by atoms with Crippen molar-refractivity contribution in [1.82, 2.24) is 52.8 Å². The van der Waals surface area contributed by atoms with Crippen molar-refractivity contribution in [1.29, 1.82) is 0 Å². The van der Waals surface area contributed by atoms with Gasteiger partial charge in [0.2, 0.25) is 70.9 Å². The number of hydrogen-bond acceptors (Lipinski definition) is 16. The first-order chi connectivity index (χ1) is 40.5. The van der Waals surface area contributed by atoms with Crippen molar-refractivity contribution in [2.45, 2.75) is 145 Å². The van der Waals surface area contributed by atoms with Gasteiger partial charge in [-0.05, 0) is 68.2 Å². The number of carboxylic acid groups (broad SMARTS) is 1. The number of nitrogens with two attached hydrogens (primary N) is 3. The standard InChI is InChI=1S/C55H78N14O15S/c1-2-42(71)63-37(27-33-17-19-34(70)20-18-33)50(80)60-23-9-4-7-16-44(73)65-40(48(56)78)31-85-41-29-46(75)69(54(41)84)25-21-43(72)59-22-10-8-14-36-51(81)66-35(15-11-24-61-55(57)58)49(79)62-30-45(74)64-39(28-47(76)77)53(83)68-38(52(82)67-36)26-32-12-5-3-6-13-32/h3,5-6,12-13,17-20,35-41,70H,2,4,7-11,14-16,21-31H2,1H3,(H2,56,78)(H,59,72)(H,60,80)(H,62,79)(H,63,71)(H,64,74)(H,65,73)(H,66,81)(H,67,82)(H,68,83)(H,76,77)(H4,57,58,61)/t35?,36?,37?,38-,39?,40+,41?/m1/s1. The number of nitrogens with one attached hydrogen (secondary N) is 9. The minimum Gasteiger partial charge on any atom is -0.508 e. The van der Waals surface area contributed by atoms with Crippen molar-refractivity contribution < 1.29 is 72.5 Å². The summed E-state index contributed by atoms with van der Waals surface area (Å²) < 4.78 is 0. The number of nitrogens with zero attached hydrogens (tertiary/aromatic N) is 2. The van der Waals surface area contributed by atoms with Gasteiger partial charge in [0.1, 0.15) is 42.0 Å². The van der Waals surface area contributed by atoms with Gasteiger partial charge in [0, 0.05) is 70.5 Å². The minimum absolute atomic E-state index is 0.0269. The molecule has 0 aromatic heterocycles. The van der Waals surface area contributed by atoms with Crippen molar-refractivity contribution in [3.8, 4) is 5.75 Å². The molecule has 0 saturated carbocycles. The molecule has 0 bridgehead atoms. The fraction of sp³-hybridized carbons (Fsp3) is 0.527. The maximum absolute atomic E-state index is 14.1. The molecule has 5 unspecified atom stereocenters. The Bertz CT molecular complexity index is 2710. The molecule has 0 aliphatic carbocycles. The van der Waals surface area contributed by atoms with E-state index in [2.05, 4.69) is 52.8 Å². The van der Waals surface area contributed by atoms with Crippen LogP contribution in [0.3, 0.4) is 0 Å². The van der Waals surface area contributed by atoms with Crippen LogP contribution in [-0.4, -0.2) is 178 Å². The molecule has 0 radical (unpaired) electrons. The summed E-state index contributed by atoms with van der Waals surface area (Å²) in [5.41, 5.74) is 17.8. The van der Waals surface area contributed by atoms with E-state index in [4.69, 9.17) is 17.2 Å². The van der Waals surface area contributed by atoms with Gasteiger partial charge in [0.05, 0.1) is 18.2 Å². The molecule has 4 rings (SSSR count). The Morgan fingerprint density at radius 3 is 1.98 bits per heavy atom. The lowest BCUT2D eigenvalue weighted by atomic mass is 10.0. The summed E-state index contributed by atoms with van der Waals surface area (Å²) in [6, 6.07) is 7.08. The second kappa shape index (κ2) is 36.0. The van der Waals surface area contributed by atoms with Gasteiger partial charge in [0.15, 0.2) is 5.96 Å². The third kappa shape index (κ3) is 25.3. The van der Waals surface area contributed by atoms with Crippen LogP contribution < -0.4 is 65.1 Å². The third-order valence-electron chi connectivity index (χ3n) is 13.5. The van der Waals surface area contributed by atoms with E-state index in [1.54, 1.807) is 49.4 Å². The first-order valence-electron chi connectivity index (χ1n) is 28.0. The van der Waals surface area contributed by atoms with Crippen LogP contribution in [-0.2, 0) is 75.2 Å². The van der Waals surface area contributed by atoms with Crippen LogP contribution >= 0.6 is 11.8 Å². The number of amides is 12. The number of benzene rings is 2. The fourth-order valence-corrected chi connectivity index (χ4v) is 10.0. The number of primary amides is 1. The summed E-state index contributed by atoms with van der Waals surface area (Å²) >= 11 is 0.961. The summed E-state index contributed by atoms with van der Waals surface area (Å²) in [6.07, 6.45) is 0.925. The van der Waals surface area contributed by atoms with E-state index in [1.807, 2.05) is 0 Å². The van der Waals surface area contributed by atoms with Crippen LogP contribution in [0, 0.1) is 0 Å². The Hall–Kier alpha value is -8.83. The summed E-state index contributed by atoms with van der Waals surface area (Å²) in [5.74, 6) is -9.80. The number of hydrogen-bond donors (Lipinski definition) is 14. The van der Waals surface area contributed by atoms with E-state index in [0.717, 1.165) is 22.2 Å². The number of carbonyl (C=O) groups is 13. The number of aliphatic imine (C=N–C) groups is 1. The highest BCUT2D eigenvalue weighted by Gasteiger charge is 2.40. The number of likely N-dealkylation sites (tertiary alicyclic amines) is 1. The van der Waals surface area contributed by atoms with Crippen molar-refractivity contribution in [2.75, 3.05) is 38.5 Å².